The van der Waals surface area contributed by atoms with Gasteiger partial charge in [0.1, 0.15) is 5.82 Å². The van der Waals surface area contributed by atoms with E-state index in [1.165, 1.54) is 0 Å². The highest BCUT2D eigenvalue weighted by Gasteiger charge is 2.15. The van der Waals surface area contributed by atoms with Gasteiger partial charge in [0.25, 0.3) is 0 Å². The lowest BCUT2D eigenvalue weighted by molar-refractivity contribution is -0.116. The molecule has 4 rings (SSSR count). The fraction of sp³-hybridized carbons (Fsp3) is 0.136. The molecule has 1 aromatic carbocycles. The molecule has 0 spiro atoms. The molecule has 0 atom stereocenters. The number of hydrogen-bond acceptors (Lipinski definition) is 3. The summed E-state index contributed by atoms with van der Waals surface area (Å²) in [5.41, 5.74) is 3.99. The zero-order valence-electron chi connectivity index (χ0n) is 15.2. The number of pyridine rings is 2. The second kappa shape index (κ2) is 8.23. The lowest BCUT2D eigenvalue weighted by Crippen LogP contribution is -2.12. The number of rotatable bonds is 6. The van der Waals surface area contributed by atoms with Crippen LogP contribution in [0.1, 0.15) is 18.4 Å². The molecular weight excluding hydrogens is 372 g/mol. The highest BCUT2D eigenvalue weighted by Crippen LogP contribution is 2.32. The van der Waals surface area contributed by atoms with Crippen molar-refractivity contribution in [3.05, 3.63) is 77.6 Å². The molecule has 0 fully saturated rings. The Morgan fingerprint density at radius 2 is 1.86 bits per heavy atom. The van der Waals surface area contributed by atoms with Gasteiger partial charge in [-0.3, -0.25) is 9.78 Å². The third-order valence-electron chi connectivity index (χ3n) is 4.55. The number of H-pyrrole nitrogens is 1. The molecule has 4 aromatic rings. The molecule has 1 amide bonds. The molecule has 0 bridgehead atoms. The number of hydrogen-bond donors (Lipinski definition) is 2. The normalized spacial score (nSPS) is 10.9. The van der Waals surface area contributed by atoms with Gasteiger partial charge in [0.15, 0.2) is 0 Å². The maximum absolute atomic E-state index is 12.2. The molecule has 0 radical (unpaired) electrons. The highest BCUT2D eigenvalue weighted by molar-refractivity contribution is 6.31. The Labute approximate surface area is 167 Å². The number of anilines is 1. The maximum Gasteiger partial charge on any atom is 0.225 e. The molecule has 28 heavy (non-hydrogen) atoms. The lowest BCUT2D eigenvalue weighted by Gasteiger charge is -2.06. The van der Waals surface area contributed by atoms with Gasteiger partial charge in [-0.1, -0.05) is 23.7 Å². The Kier molecular flexibility index (Phi) is 5.35. The minimum absolute atomic E-state index is 0.0454. The molecule has 0 aliphatic heterocycles. The number of halogens is 1. The fourth-order valence-electron chi connectivity index (χ4n) is 3.28. The first-order valence-corrected chi connectivity index (χ1v) is 9.51. The molecule has 6 heteroatoms. The Balaban J connectivity index is 1.54. The van der Waals surface area contributed by atoms with E-state index in [-0.39, 0.29) is 5.91 Å². The summed E-state index contributed by atoms with van der Waals surface area (Å²) in [7, 11) is 0. The van der Waals surface area contributed by atoms with Gasteiger partial charge in [-0.2, -0.15) is 0 Å². The average Bonchev–Trinajstić information content (AvgIpc) is 3.07. The van der Waals surface area contributed by atoms with E-state index >= 15 is 0 Å². The summed E-state index contributed by atoms with van der Waals surface area (Å²) in [4.78, 5) is 24.3. The third kappa shape index (κ3) is 4.05. The summed E-state index contributed by atoms with van der Waals surface area (Å²) in [6, 6.07) is 17.1. The zero-order valence-corrected chi connectivity index (χ0v) is 15.9. The molecule has 3 heterocycles. The predicted octanol–water partition coefficient (Wildman–Crippen LogP) is 5.24. The summed E-state index contributed by atoms with van der Waals surface area (Å²) in [6.45, 7) is 0. The van der Waals surface area contributed by atoms with Crippen LogP contribution in [0.3, 0.4) is 0 Å². The zero-order chi connectivity index (χ0) is 19.3. The van der Waals surface area contributed by atoms with Crippen molar-refractivity contribution in [2.75, 3.05) is 5.32 Å². The van der Waals surface area contributed by atoms with Gasteiger partial charge in [-0.05, 0) is 60.9 Å². The predicted molar refractivity (Wildman–Crippen MR) is 112 cm³/mol. The summed E-state index contributed by atoms with van der Waals surface area (Å²) in [5.74, 6) is 0.525. The Bertz CT molecular complexity index is 1090. The van der Waals surface area contributed by atoms with Crippen molar-refractivity contribution in [3.63, 3.8) is 0 Å². The Hall–Kier alpha value is -3.18. The molecule has 2 N–H and O–H groups in total. The van der Waals surface area contributed by atoms with Gasteiger partial charge in [-0.25, -0.2) is 4.98 Å². The van der Waals surface area contributed by atoms with Crippen LogP contribution >= 0.6 is 11.6 Å². The fourth-order valence-corrected chi connectivity index (χ4v) is 3.45. The topological polar surface area (TPSA) is 70.7 Å². The van der Waals surface area contributed by atoms with Crippen LogP contribution in [0.15, 0.2) is 67.0 Å². The van der Waals surface area contributed by atoms with Crippen LogP contribution in [0, 0.1) is 0 Å². The van der Waals surface area contributed by atoms with Crippen LogP contribution in [-0.4, -0.2) is 20.9 Å². The van der Waals surface area contributed by atoms with E-state index in [0.717, 1.165) is 34.3 Å². The number of carbonyl (C=O) groups is 1. The first kappa shape index (κ1) is 18.2. The van der Waals surface area contributed by atoms with Crippen LogP contribution in [0.4, 0.5) is 5.82 Å². The molecule has 3 aromatic heterocycles. The maximum atomic E-state index is 12.2. The van der Waals surface area contributed by atoms with E-state index in [1.54, 1.807) is 18.5 Å². The van der Waals surface area contributed by atoms with Crippen molar-refractivity contribution in [2.45, 2.75) is 19.3 Å². The van der Waals surface area contributed by atoms with E-state index in [4.69, 9.17) is 11.6 Å². The van der Waals surface area contributed by atoms with Gasteiger partial charge in [0, 0.05) is 34.7 Å². The van der Waals surface area contributed by atoms with Crippen molar-refractivity contribution in [2.24, 2.45) is 0 Å². The van der Waals surface area contributed by atoms with Crippen LogP contribution < -0.4 is 5.32 Å². The molecular formula is C22H19ClN4O. The second-order valence-corrected chi connectivity index (χ2v) is 6.94. The molecule has 0 unspecified atom stereocenters. The van der Waals surface area contributed by atoms with Crippen LogP contribution in [0.5, 0.6) is 0 Å². The Morgan fingerprint density at radius 1 is 1.04 bits per heavy atom. The van der Waals surface area contributed by atoms with E-state index < -0.39 is 0 Å². The smallest absolute Gasteiger partial charge is 0.225 e. The van der Waals surface area contributed by atoms with E-state index in [1.807, 2.05) is 48.5 Å². The number of aryl methyl sites for hydroxylation is 1. The number of amides is 1. The van der Waals surface area contributed by atoms with Crippen molar-refractivity contribution in [3.8, 4) is 11.4 Å². The number of carbonyl (C=O) groups excluding carboxylic acids is 1. The standard InChI is InChI=1S/C22H19ClN4O/c23-15-10-11-18-17(14-15)16(22(26-18)19-7-1-3-12-24-19)6-5-9-21(28)27-20-8-2-4-13-25-20/h1-4,7-8,10-14,26H,5-6,9H2,(H,25,27,28). The summed E-state index contributed by atoms with van der Waals surface area (Å²) >= 11 is 6.22. The SMILES string of the molecule is O=C(CCCc1c(-c2ccccn2)[nH]c2ccc(Cl)cc12)Nc1ccccn1. The number of benzene rings is 1. The quantitative estimate of drug-likeness (QED) is 0.473. The van der Waals surface area contributed by atoms with Crippen molar-refractivity contribution >= 4 is 34.2 Å². The summed E-state index contributed by atoms with van der Waals surface area (Å²) < 4.78 is 0. The first-order chi connectivity index (χ1) is 13.7. The molecule has 0 saturated heterocycles. The lowest BCUT2D eigenvalue weighted by atomic mass is 10.0. The van der Waals surface area contributed by atoms with Crippen molar-refractivity contribution in [1.29, 1.82) is 0 Å². The van der Waals surface area contributed by atoms with E-state index in [9.17, 15) is 4.79 Å². The van der Waals surface area contributed by atoms with Gasteiger partial charge in [0.2, 0.25) is 5.91 Å². The van der Waals surface area contributed by atoms with E-state index in [2.05, 4.69) is 20.3 Å². The molecule has 0 saturated carbocycles. The molecule has 0 aliphatic carbocycles. The molecule has 5 nitrogen and oxygen atoms in total. The largest absolute Gasteiger partial charge is 0.353 e. The number of aromatic nitrogens is 3. The number of nitrogens with zero attached hydrogens (tertiary/aromatic N) is 2. The summed E-state index contributed by atoms with van der Waals surface area (Å²) in [6.07, 6.45) is 5.29. The van der Waals surface area contributed by atoms with Gasteiger partial charge >= 0.3 is 0 Å². The molecule has 140 valence electrons. The van der Waals surface area contributed by atoms with Gasteiger partial charge in [-0.15, -0.1) is 0 Å². The minimum atomic E-state index is -0.0454. The van der Waals surface area contributed by atoms with Gasteiger partial charge in [0.05, 0.1) is 11.4 Å². The Morgan fingerprint density at radius 3 is 2.61 bits per heavy atom. The number of aromatic amines is 1. The molecule has 0 aliphatic rings. The van der Waals surface area contributed by atoms with Crippen LogP contribution in [0.2, 0.25) is 5.02 Å². The minimum Gasteiger partial charge on any atom is -0.353 e. The summed E-state index contributed by atoms with van der Waals surface area (Å²) in [5, 5.41) is 4.58. The van der Waals surface area contributed by atoms with Crippen LogP contribution in [-0.2, 0) is 11.2 Å². The van der Waals surface area contributed by atoms with E-state index in [0.29, 0.717) is 23.7 Å². The number of fused-ring (bicyclic) bond motifs is 1. The monoisotopic (exact) mass is 390 g/mol. The van der Waals surface area contributed by atoms with Crippen LogP contribution in [0.25, 0.3) is 22.3 Å². The van der Waals surface area contributed by atoms with Gasteiger partial charge < -0.3 is 10.3 Å². The highest BCUT2D eigenvalue weighted by atomic mass is 35.5. The van der Waals surface area contributed by atoms with Crippen molar-refractivity contribution in [1.82, 2.24) is 15.0 Å². The van der Waals surface area contributed by atoms with Crippen molar-refractivity contribution < 1.29 is 4.79 Å². The second-order valence-electron chi connectivity index (χ2n) is 6.50. The average molecular weight is 391 g/mol. The number of nitrogens with one attached hydrogen (secondary N) is 2. The first-order valence-electron chi connectivity index (χ1n) is 9.13. The third-order valence-corrected chi connectivity index (χ3v) is 4.79.